The molecule has 0 radical (unpaired) electrons. The smallest absolute Gasteiger partial charge is 0.192 e. The molecule has 0 unspecified atom stereocenters. The third-order valence-electron chi connectivity index (χ3n) is 5.07. The molecule has 0 aromatic heterocycles. The number of rotatable bonds is 5. The molecule has 0 aromatic rings. The lowest BCUT2D eigenvalue weighted by Crippen LogP contribution is -2.43. The van der Waals surface area contributed by atoms with Crippen LogP contribution >= 0.6 is 0 Å². The van der Waals surface area contributed by atoms with Gasteiger partial charge in [0.1, 0.15) is 6.29 Å². The van der Waals surface area contributed by atoms with Crippen LogP contribution in [0.2, 0.25) is 43.3 Å². The Morgan fingerprint density at radius 2 is 1.65 bits per heavy atom. The molecule has 0 saturated carbocycles. The summed E-state index contributed by atoms with van der Waals surface area (Å²) < 4.78 is 6.32. The summed E-state index contributed by atoms with van der Waals surface area (Å²) in [5, 5.41) is 0.226. The molecule has 0 N–H and O–H groups in total. The molecule has 1 aliphatic carbocycles. The monoisotopic (exact) mass is 312 g/mol. The van der Waals surface area contributed by atoms with E-state index in [1.165, 1.54) is 6.29 Å². The van der Waals surface area contributed by atoms with Crippen LogP contribution in [0.15, 0.2) is 12.2 Å². The summed E-state index contributed by atoms with van der Waals surface area (Å²) in [7, 11) is -3.04. The number of allylic oxidation sites excluding steroid dienone is 1. The van der Waals surface area contributed by atoms with Gasteiger partial charge in [-0.1, -0.05) is 52.6 Å². The van der Waals surface area contributed by atoms with E-state index in [2.05, 4.69) is 65.7 Å². The molecule has 2 nitrogen and oxygen atoms in total. The Kier molecular flexibility index (Phi) is 5.26. The maximum atomic E-state index is 11.5. The molecule has 1 rings (SSSR count). The maximum Gasteiger partial charge on any atom is 0.192 e. The van der Waals surface area contributed by atoms with Gasteiger partial charge >= 0.3 is 0 Å². The van der Waals surface area contributed by atoms with Crippen LogP contribution in [0.3, 0.4) is 0 Å². The maximum absolute atomic E-state index is 11.5. The molecule has 0 aromatic carbocycles. The Morgan fingerprint density at radius 3 is 2.05 bits per heavy atom. The predicted molar refractivity (Wildman–Crippen MR) is 92.4 cm³/mol. The molecule has 1 aliphatic rings. The third kappa shape index (κ3) is 3.92. The second-order valence-electron chi connectivity index (χ2n) is 8.73. The summed E-state index contributed by atoms with van der Waals surface area (Å²) in [5.74, 6) is 0.407. The highest BCUT2D eigenvalue weighted by Gasteiger charge is 2.42. The van der Waals surface area contributed by atoms with Gasteiger partial charge < -0.3 is 9.22 Å². The molecule has 116 valence electrons. The van der Waals surface area contributed by atoms with Crippen molar-refractivity contribution in [2.24, 2.45) is 11.8 Å². The van der Waals surface area contributed by atoms with Gasteiger partial charge in [0, 0.05) is 18.4 Å². The first kappa shape index (κ1) is 17.9. The zero-order valence-electron chi connectivity index (χ0n) is 14.5. The summed E-state index contributed by atoms with van der Waals surface area (Å²) in [4.78, 5) is 11.5. The SMILES string of the molecule is CC(C)(C)[Si](C)(C)OC[C@@H]1C=C[C@@H]([Si](C)(C)C)[C@@H]1C=O. The van der Waals surface area contributed by atoms with Crippen LogP contribution in [-0.4, -0.2) is 29.3 Å². The summed E-state index contributed by atoms with van der Waals surface area (Å²) >= 11 is 0. The van der Waals surface area contributed by atoms with Crippen molar-refractivity contribution >= 4 is 22.7 Å². The van der Waals surface area contributed by atoms with E-state index in [0.29, 0.717) is 12.1 Å². The van der Waals surface area contributed by atoms with Crippen molar-refractivity contribution in [2.75, 3.05) is 6.61 Å². The van der Waals surface area contributed by atoms with E-state index in [9.17, 15) is 4.79 Å². The molecule has 3 atom stereocenters. The Labute approximate surface area is 127 Å². The van der Waals surface area contributed by atoms with Crippen molar-refractivity contribution in [1.82, 2.24) is 0 Å². The van der Waals surface area contributed by atoms with Crippen molar-refractivity contribution in [2.45, 2.75) is 64.1 Å². The molecule has 0 aliphatic heterocycles. The number of carbonyl (C=O) groups is 1. The second-order valence-corrected chi connectivity index (χ2v) is 18.9. The van der Waals surface area contributed by atoms with Crippen molar-refractivity contribution in [3.8, 4) is 0 Å². The van der Waals surface area contributed by atoms with Crippen LogP contribution in [0.4, 0.5) is 0 Å². The van der Waals surface area contributed by atoms with E-state index < -0.39 is 16.4 Å². The molecule has 0 spiro atoms. The molecule has 4 heteroatoms. The highest BCUT2D eigenvalue weighted by atomic mass is 28.4. The number of hydrogen-bond acceptors (Lipinski definition) is 2. The molecular formula is C16H32O2Si2. The minimum absolute atomic E-state index is 0.131. The largest absolute Gasteiger partial charge is 0.416 e. The first-order valence-corrected chi connectivity index (χ1v) is 14.2. The lowest BCUT2D eigenvalue weighted by Gasteiger charge is -2.37. The van der Waals surface area contributed by atoms with Crippen LogP contribution < -0.4 is 0 Å². The number of aldehydes is 1. The van der Waals surface area contributed by atoms with E-state index in [0.717, 1.165) is 0 Å². The molecule has 0 saturated heterocycles. The van der Waals surface area contributed by atoms with Crippen molar-refractivity contribution in [3.63, 3.8) is 0 Å². The van der Waals surface area contributed by atoms with Gasteiger partial charge in [-0.15, -0.1) is 0 Å². The van der Waals surface area contributed by atoms with E-state index in [1.807, 2.05) is 0 Å². The first-order chi connectivity index (χ1) is 8.90. The topological polar surface area (TPSA) is 26.3 Å². The van der Waals surface area contributed by atoms with E-state index in [1.54, 1.807) is 0 Å². The average Bonchev–Trinajstić information content (AvgIpc) is 2.67. The normalized spacial score (nSPS) is 27.9. The summed E-state index contributed by atoms with van der Waals surface area (Å²) in [6.07, 6.45) is 5.68. The molecule has 0 bridgehead atoms. The van der Waals surface area contributed by atoms with E-state index in [4.69, 9.17) is 4.43 Å². The highest BCUT2D eigenvalue weighted by molar-refractivity contribution is 6.78. The summed E-state index contributed by atoms with van der Waals surface area (Å²) in [5.41, 5.74) is 0.466. The minimum Gasteiger partial charge on any atom is -0.416 e. The van der Waals surface area contributed by atoms with Crippen LogP contribution in [-0.2, 0) is 9.22 Å². The summed E-state index contributed by atoms with van der Waals surface area (Å²) in [6.45, 7) is 19.1. The molecule has 0 fully saturated rings. The molecule has 0 amide bonds. The van der Waals surface area contributed by atoms with Crippen molar-refractivity contribution in [1.29, 1.82) is 0 Å². The van der Waals surface area contributed by atoms with E-state index in [-0.39, 0.29) is 16.9 Å². The fraction of sp³-hybridized carbons (Fsp3) is 0.812. The predicted octanol–water partition coefficient (Wildman–Crippen LogP) is 4.72. The van der Waals surface area contributed by atoms with Gasteiger partial charge in [0.25, 0.3) is 0 Å². The van der Waals surface area contributed by atoms with Gasteiger partial charge in [-0.3, -0.25) is 0 Å². The van der Waals surface area contributed by atoms with Crippen LogP contribution in [0.5, 0.6) is 0 Å². The zero-order valence-corrected chi connectivity index (χ0v) is 16.5. The van der Waals surface area contributed by atoms with Gasteiger partial charge in [-0.25, -0.2) is 0 Å². The fourth-order valence-corrected chi connectivity index (χ4v) is 5.74. The number of carbonyl (C=O) groups excluding carboxylic acids is 1. The zero-order chi connectivity index (χ0) is 15.8. The van der Waals surface area contributed by atoms with Crippen LogP contribution in [0, 0.1) is 11.8 Å². The van der Waals surface area contributed by atoms with E-state index >= 15 is 0 Å². The quantitative estimate of drug-likeness (QED) is 0.417. The van der Waals surface area contributed by atoms with Gasteiger partial charge in [0.05, 0.1) is 8.07 Å². The Bertz CT molecular complexity index is 375. The fourth-order valence-electron chi connectivity index (χ4n) is 2.52. The molecule has 0 heterocycles. The first-order valence-electron chi connectivity index (χ1n) is 7.68. The summed E-state index contributed by atoms with van der Waals surface area (Å²) in [6, 6.07) is 0. The Morgan fingerprint density at radius 1 is 1.10 bits per heavy atom. The lowest BCUT2D eigenvalue weighted by molar-refractivity contribution is -0.112. The van der Waals surface area contributed by atoms with Gasteiger partial charge in [0.15, 0.2) is 8.32 Å². The lowest BCUT2D eigenvalue weighted by atomic mass is 9.98. The highest BCUT2D eigenvalue weighted by Crippen LogP contribution is 2.42. The number of hydrogen-bond donors (Lipinski definition) is 0. The van der Waals surface area contributed by atoms with Gasteiger partial charge in [-0.2, -0.15) is 0 Å². The second kappa shape index (κ2) is 5.89. The van der Waals surface area contributed by atoms with Gasteiger partial charge in [-0.05, 0) is 23.7 Å². The Balaban J connectivity index is 2.72. The third-order valence-corrected chi connectivity index (χ3v) is 12.2. The standard InChI is InChI=1S/C16H32O2Si2/c1-16(2,3)20(7,8)18-12-13-9-10-15(14(13)11-17)19(4,5)6/h9-11,13-15H,12H2,1-8H3/t13-,14+,15+/m0/s1. The van der Waals surface area contributed by atoms with Crippen LogP contribution in [0.1, 0.15) is 20.8 Å². The molecule has 20 heavy (non-hydrogen) atoms. The van der Waals surface area contributed by atoms with Gasteiger partial charge in [0.2, 0.25) is 0 Å². The Hall–Kier alpha value is -0.196. The van der Waals surface area contributed by atoms with Crippen molar-refractivity contribution < 1.29 is 9.22 Å². The minimum atomic E-state index is -1.72. The van der Waals surface area contributed by atoms with Crippen molar-refractivity contribution in [3.05, 3.63) is 12.2 Å². The van der Waals surface area contributed by atoms with Crippen LogP contribution in [0.25, 0.3) is 0 Å². The average molecular weight is 313 g/mol. The molecular weight excluding hydrogens is 280 g/mol.